The van der Waals surface area contributed by atoms with Crippen molar-refractivity contribution in [1.82, 2.24) is 5.32 Å². The van der Waals surface area contributed by atoms with Crippen molar-refractivity contribution in [3.05, 3.63) is 0 Å². The van der Waals surface area contributed by atoms with Crippen LogP contribution in [0.15, 0.2) is 0 Å². The maximum absolute atomic E-state index is 10.1. The largest absolute Gasteiger partial charge is 0.396 e. The average molecular weight is 171 g/mol. The van der Waals surface area contributed by atoms with Crippen molar-refractivity contribution in [2.24, 2.45) is 11.8 Å². The second-order valence-corrected chi connectivity index (χ2v) is 3.51. The van der Waals surface area contributed by atoms with Gasteiger partial charge in [-0.15, -0.1) is 0 Å². The van der Waals surface area contributed by atoms with E-state index in [4.69, 9.17) is 5.11 Å². The van der Waals surface area contributed by atoms with Crippen LogP contribution < -0.4 is 5.32 Å². The molecule has 2 atom stereocenters. The SMILES string of the molecule is O=CNCC1CCCCC1CO. The van der Waals surface area contributed by atoms with E-state index in [1.807, 2.05) is 0 Å². The van der Waals surface area contributed by atoms with E-state index >= 15 is 0 Å². The standard InChI is InChI=1S/C9H17NO2/c11-6-9-4-2-1-3-8(9)5-10-7-12/h7-9,11H,1-6H2,(H,10,12). The molecule has 3 nitrogen and oxygen atoms in total. The van der Waals surface area contributed by atoms with E-state index in [1.54, 1.807) is 0 Å². The molecule has 2 unspecified atom stereocenters. The van der Waals surface area contributed by atoms with Crippen LogP contribution in [0.2, 0.25) is 0 Å². The molecular weight excluding hydrogens is 154 g/mol. The number of nitrogens with one attached hydrogen (secondary N) is 1. The summed E-state index contributed by atoms with van der Waals surface area (Å²) in [7, 11) is 0. The van der Waals surface area contributed by atoms with Crippen LogP contribution in [-0.2, 0) is 4.79 Å². The van der Waals surface area contributed by atoms with Gasteiger partial charge in [-0.1, -0.05) is 12.8 Å². The van der Waals surface area contributed by atoms with Gasteiger partial charge < -0.3 is 10.4 Å². The maximum Gasteiger partial charge on any atom is 0.207 e. The molecule has 0 radical (unpaired) electrons. The number of carbonyl (C=O) groups is 1. The first-order valence-electron chi connectivity index (χ1n) is 4.66. The van der Waals surface area contributed by atoms with Crippen LogP contribution in [0.1, 0.15) is 25.7 Å². The molecule has 0 bridgehead atoms. The van der Waals surface area contributed by atoms with Gasteiger partial charge in [0.1, 0.15) is 0 Å². The van der Waals surface area contributed by atoms with E-state index in [1.165, 1.54) is 12.8 Å². The van der Waals surface area contributed by atoms with Crippen molar-refractivity contribution < 1.29 is 9.90 Å². The lowest BCUT2D eigenvalue weighted by molar-refractivity contribution is -0.109. The van der Waals surface area contributed by atoms with Crippen LogP contribution in [0.4, 0.5) is 0 Å². The van der Waals surface area contributed by atoms with Gasteiger partial charge in [0.25, 0.3) is 0 Å². The van der Waals surface area contributed by atoms with Crippen LogP contribution >= 0.6 is 0 Å². The lowest BCUT2D eigenvalue weighted by Crippen LogP contribution is -2.31. The zero-order valence-electron chi connectivity index (χ0n) is 7.33. The van der Waals surface area contributed by atoms with Crippen LogP contribution in [0.3, 0.4) is 0 Å². The number of carbonyl (C=O) groups excluding carboxylic acids is 1. The summed E-state index contributed by atoms with van der Waals surface area (Å²) in [5.41, 5.74) is 0. The summed E-state index contributed by atoms with van der Waals surface area (Å²) in [6.45, 7) is 1.000. The Morgan fingerprint density at radius 2 is 2.00 bits per heavy atom. The summed E-state index contributed by atoms with van der Waals surface area (Å²) in [5.74, 6) is 0.903. The molecule has 0 aromatic heterocycles. The topological polar surface area (TPSA) is 49.3 Å². The molecule has 1 aliphatic carbocycles. The van der Waals surface area contributed by atoms with E-state index in [0.717, 1.165) is 25.8 Å². The Kier molecular flexibility index (Phi) is 4.08. The quantitative estimate of drug-likeness (QED) is 0.606. The summed E-state index contributed by atoms with van der Waals surface area (Å²) < 4.78 is 0. The number of hydrogen-bond acceptors (Lipinski definition) is 2. The molecule has 1 rings (SSSR count). The van der Waals surface area contributed by atoms with Crippen LogP contribution in [-0.4, -0.2) is 24.7 Å². The van der Waals surface area contributed by atoms with Crippen LogP contribution in [0, 0.1) is 11.8 Å². The van der Waals surface area contributed by atoms with Crippen molar-refractivity contribution in [3.8, 4) is 0 Å². The zero-order chi connectivity index (χ0) is 8.81. The first kappa shape index (κ1) is 9.52. The van der Waals surface area contributed by atoms with Gasteiger partial charge >= 0.3 is 0 Å². The minimum Gasteiger partial charge on any atom is -0.396 e. The van der Waals surface area contributed by atoms with Gasteiger partial charge in [0.2, 0.25) is 6.41 Å². The lowest BCUT2D eigenvalue weighted by Gasteiger charge is -2.29. The smallest absolute Gasteiger partial charge is 0.207 e. The van der Waals surface area contributed by atoms with Crippen molar-refractivity contribution in [2.75, 3.05) is 13.2 Å². The van der Waals surface area contributed by atoms with E-state index in [0.29, 0.717) is 11.8 Å². The summed E-state index contributed by atoms with van der Waals surface area (Å²) in [6.07, 6.45) is 5.46. The highest BCUT2D eigenvalue weighted by molar-refractivity contribution is 5.45. The number of amides is 1. The molecule has 1 aliphatic rings. The normalized spacial score (nSPS) is 29.8. The van der Waals surface area contributed by atoms with Gasteiger partial charge in [0.05, 0.1) is 0 Å². The molecule has 3 heteroatoms. The third-order valence-electron chi connectivity index (χ3n) is 2.76. The van der Waals surface area contributed by atoms with Crippen LogP contribution in [0.25, 0.3) is 0 Å². The number of rotatable bonds is 4. The minimum absolute atomic E-state index is 0.269. The van der Waals surface area contributed by atoms with Crippen LogP contribution in [0.5, 0.6) is 0 Å². The molecule has 12 heavy (non-hydrogen) atoms. The Morgan fingerprint density at radius 3 is 2.58 bits per heavy atom. The fourth-order valence-corrected chi connectivity index (χ4v) is 1.99. The molecule has 0 aliphatic heterocycles. The van der Waals surface area contributed by atoms with Gasteiger partial charge in [-0.2, -0.15) is 0 Å². The lowest BCUT2D eigenvalue weighted by atomic mass is 9.80. The first-order valence-corrected chi connectivity index (χ1v) is 4.66. The second-order valence-electron chi connectivity index (χ2n) is 3.51. The zero-order valence-corrected chi connectivity index (χ0v) is 7.33. The third kappa shape index (κ3) is 2.48. The number of aliphatic hydroxyl groups excluding tert-OH is 1. The maximum atomic E-state index is 10.1. The fraction of sp³-hybridized carbons (Fsp3) is 0.889. The molecule has 0 heterocycles. The monoisotopic (exact) mass is 171 g/mol. The second kappa shape index (κ2) is 5.14. The van der Waals surface area contributed by atoms with E-state index in [9.17, 15) is 4.79 Å². The summed E-state index contributed by atoms with van der Waals surface area (Å²) in [4.78, 5) is 10.1. The fourth-order valence-electron chi connectivity index (χ4n) is 1.99. The molecular formula is C9H17NO2. The molecule has 0 aromatic rings. The van der Waals surface area contributed by atoms with Crippen molar-refractivity contribution >= 4 is 6.41 Å². The first-order chi connectivity index (χ1) is 5.88. The highest BCUT2D eigenvalue weighted by Gasteiger charge is 2.23. The predicted molar refractivity (Wildman–Crippen MR) is 46.6 cm³/mol. The number of hydrogen-bond donors (Lipinski definition) is 2. The Balaban J connectivity index is 2.30. The average Bonchev–Trinajstić information content (AvgIpc) is 2.15. The molecule has 1 amide bonds. The Bertz CT molecular complexity index is 138. The molecule has 0 saturated heterocycles. The molecule has 70 valence electrons. The molecule has 1 fully saturated rings. The predicted octanol–water partition coefficient (Wildman–Crippen LogP) is 0.531. The Hall–Kier alpha value is -0.570. The van der Waals surface area contributed by atoms with Crippen molar-refractivity contribution in [2.45, 2.75) is 25.7 Å². The molecule has 0 spiro atoms. The van der Waals surface area contributed by atoms with Gasteiger partial charge in [-0.25, -0.2) is 0 Å². The highest BCUT2D eigenvalue weighted by atomic mass is 16.3. The van der Waals surface area contributed by atoms with Crippen molar-refractivity contribution in [1.29, 1.82) is 0 Å². The van der Waals surface area contributed by atoms with E-state index in [-0.39, 0.29) is 6.61 Å². The summed E-state index contributed by atoms with van der Waals surface area (Å²) >= 11 is 0. The van der Waals surface area contributed by atoms with Gasteiger partial charge in [-0.05, 0) is 24.7 Å². The Labute approximate surface area is 73.2 Å². The Morgan fingerprint density at radius 1 is 1.33 bits per heavy atom. The third-order valence-corrected chi connectivity index (χ3v) is 2.76. The van der Waals surface area contributed by atoms with E-state index < -0.39 is 0 Å². The molecule has 0 aromatic carbocycles. The van der Waals surface area contributed by atoms with Gasteiger partial charge in [0.15, 0.2) is 0 Å². The van der Waals surface area contributed by atoms with Crippen molar-refractivity contribution in [3.63, 3.8) is 0 Å². The van der Waals surface area contributed by atoms with E-state index in [2.05, 4.69) is 5.32 Å². The summed E-state index contributed by atoms with van der Waals surface area (Å²) in [6, 6.07) is 0. The van der Waals surface area contributed by atoms with Gasteiger partial charge in [0, 0.05) is 13.2 Å². The van der Waals surface area contributed by atoms with Gasteiger partial charge in [-0.3, -0.25) is 4.79 Å². The highest BCUT2D eigenvalue weighted by Crippen LogP contribution is 2.28. The number of aliphatic hydroxyl groups is 1. The summed E-state index contributed by atoms with van der Waals surface area (Å²) in [5, 5.41) is 11.7. The molecule has 2 N–H and O–H groups in total. The minimum atomic E-state index is 0.269. The molecule has 1 saturated carbocycles.